The van der Waals surface area contributed by atoms with Crippen molar-refractivity contribution in [3.8, 4) is 0 Å². The van der Waals surface area contributed by atoms with E-state index in [1.807, 2.05) is 0 Å². The molecular weight excluding hydrogens is 135 g/mol. The Kier molecular flexibility index (Phi) is 5.74. The van der Waals surface area contributed by atoms with Gasteiger partial charge in [-0.15, -0.1) is 0 Å². The minimum Gasteiger partial charge on any atom is -0.428 e. The summed E-state index contributed by atoms with van der Waals surface area (Å²) in [6, 6.07) is 1.58. The highest BCUT2D eigenvalue weighted by atomic mass is 29.2. The van der Waals surface area contributed by atoms with Crippen molar-refractivity contribution in [2.45, 2.75) is 12.5 Å². The minimum atomic E-state index is 0. The summed E-state index contributed by atoms with van der Waals surface area (Å²) in [5, 5.41) is 0. The van der Waals surface area contributed by atoms with E-state index >= 15 is 0 Å². The molecule has 1 nitrogen and oxygen atoms in total. The van der Waals surface area contributed by atoms with E-state index in [2.05, 4.69) is 0 Å². The lowest BCUT2D eigenvalue weighted by atomic mass is 10.5. The van der Waals surface area contributed by atoms with Gasteiger partial charge in [-0.1, -0.05) is 6.04 Å². The molecule has 1 saturated heterocycles. The summed E-state index contributed by atoms with van der Waals surface area (Å²) >= 11 is 0. The average molecular weight is 150 g/mol. The molecule has 4 heteroatoms. The van der Waals surface area contributed by atoms with Crippen LogP contribution in [-0.4, -0.2) is 42.3 Å². The summed E-state index contributed by atoms with van der Waals surface area (Å²) in [5.41, 5.74) is 0. The fourth-order valence-corrected chi connectivity index (χ4v) is 4.96. The molecular formula is C3H15AlOSi2. The molecule has 0 unspecified atom stereocenters. The Balaban J connectivity index is 0. The van der Waals surface area contributed by atoms with Crippen LogP contribution in [0.4, 0.5) is 0 Å². The van der Waals surface area contributed by atoms with Gasteiger partial charge in [0.1, 0.15) is 9.28 Å². The lowest BCUT2D eigenvalue weighted by Crippen LogP contribution is -2.15. The topological polar surface area (TPSA) is 9.23 Å². The zero-order valence-electron chi connectivity index (χ0n) is 3.94. The van der Waals surface area contributed by atoms with Gasteiger partial charge < -0.3 is 4.43 Å². The summed E-state index contributed by atoms with van der Waals surface area (Å²) in [7, 11) is 0.573. The number of rotatable bonds is 0. The van der Waals surface area contributed by atoms with Crippen LogP contribution in [0.5, 0.6) is 0 Å². The average Bonchev–Trinajstić information content (AvgIpc) is 1.72. The standard InChI is InChI=1S/C3H10OSi2.Al.H2.3H/c1-2-4-6-5-3-1;;;;;/h1-3,5-6H2;;1H;;;. The van der Waals surface area contributed by atoms with Gasteiger partial charge in [-0.25, -0.2) is 0 Å². The van der Waals surface area contributed by atoms with Crippen LogP contribution in [0, 0.1) is 0 Å². The smallest absolute Gasteiger partial charge is 0.187 e. The van der Waals surface area contributed by atoms with Crippen molar-refractivity contribution in [3.63, 3.8) is 0 Å². The van der Waals surface area contributed by atoms with Gasteiger partial charge in [-0.3, -0.25) is 0 Å². The molecule has 0 aromatic heterocycles. The largest absolute Gasteiger partial charge is 0.428 e. The summed E-state index contributed by atoms with van der Waals surface area (Å²) in [6.45, 7) is 1.10. The molecule has 0 bridgehead atoms. The summed E-state index contributed by atoms with van der Waals surface area (Å²) in [6.07, 6.45) is 1.37. The van der Waals surface area contributed by atoms with E-state index in [9.17, 15) is 0 Å². The Morgan fingerprint density at radius 3 is 2.57 bits per heavy atom. The molecule has 0 radical (unpaired) electrons. The Morgan fingerprint density at radius 2 is 2.43 bits per heavy atom. The fraction of sp³-hybridized carbons (Fsp3) is 1.00. The predicted octanol–water partition coefficient (Wildman–Crippen LogP) is -1.95. The minimum absolute atomic E-state index is 0. The SMILES string of the molecule is C1CO[SiH2][SiH2]C1.[AlH3].[HH]. The highest BCUT2D eigenvalue weighted by Crippen LogP contribution is 1.93. The second kappa shape index (κ2) is 5.07. The van der Waals surface area contributed by atoms with Crippen LogP contribution in [0.25, 0.3) is 0 Å². The Hall–Kier alpha value is 0.926. The molecule has 0 N–H and O–H groups in total. The zero-order chi connectivity index (χ0) is 4.24. The third-order valence-corrected chi connectivity index (χ3v) is 6.18. The van der Waals surface area contributed by atoms with E-state index < -0.39 is 0 Å². The molecule has 0 atom stereocenters. The molecule has 44 valence electrons. The van der Waals surface area contributed by atoms with E-state index in [4.69, 9.17) is 4.43 Å². The first-order valence-corrected chi connectivity index (χ1v) is 8.15. The maximum atomic E-state index is 5.27. The van der Waals surface area contributed by atoms with Gasteiger partial charge in [0.05, 0.1) is 0 Å². The lowest BCUT2D eigenvalue weighted by Gasteiger charge is -2.07. The van der Waals surface area contributed by atoms with Crippen molar-refractivity contribution >= 4 is 35.7 Å². The highest BCUT2D eigenvalue weighted by Gasteiger charge is 1.96. The Morgan fingerprint density at radius 1 is 1.57 bits per heavy atom. The molecule has 7 heavy (non-hydrogen) atoms. The van der Waals surface area contributed by atoms with Crippen LogP contribution < -0.4 is 0 Å². The maximum absolute atomic E-state index is 5.27. The number of hydrogen-bond donors (Lipinski definition) is 0. The Labute approximate surface area is 61.0 Å². The summed E-state index contributed by atoms with van der Waals surface area (Å²) in [5.74, 6) is 0. The second-order valence-electron chi connectivity index (χ2n) is 1.67. The van der Waals surface area contributed by atoms with Gasteiger partial charge in [0.15, 0.2) is 17.4 Å². The molecule has 1 aliphatic heterocycles. The fourth-order valence-electron chi connectivity index (χ4n) is 0.687. The van der Waals surface area contributed by atoms with Crippen LogP contribution in [-0.2, 0) is 4.43 Å². The molecule has 0 spiro atoms. The Bertz CT molecular complexity index is 32.8. The molecule has 0 saturated carbocycles. The van der Waals surface area contributed by atoms with Gasteiger partial charge in [0.2, 0.25) is 0 Å². The number of hydrogen-bond acceptors (Lipinski definition) is 1. The van der Waals surface area contributed by atoms with Crippen molar-refractivity contribution in [1.82, 2.24) is 0 Å². The van der Waals surface area contributed by atoms with Crippen molar-refractivity contribution in [2.24, 2.45) is 0 Å². The lowest BCUT2D eigenvalue weighted by molar-refractivity contribution is 0.337. The molecule has 0 aliphatic carbocycles. The second-order valence-corrected chi connectivity index (χ2v) is 7.25. The monoisotopic (exact) mass is 150 g/mol. The normalized spacial score (nSPS) is 27.4. The highest BCUT2D eigenvalue weighted by molar-refractivity contribution is 6.97. The summed E-state index contributed by atoms with van der Waals surface area (Å²) < 4.78 is 5.27. The first-order chi connectivity index (χ1) is 3.00. The molecule has 0 aromatic rings. The van der Waals surface area contributed by atoms with Crippen molar-refractivity contribution in [2.75, 3.05) is 6.61 Å². The van der Waals surface area contributed by atoms with E-state index in [0.29, 0.717) is 9.04 Å². The first kappa shape index (κ1) is 7.93. The van der Waals surface area contributed by atoms with E-state index in [1.54, 1.807) is 6.04 Å². The van der Waals surface area contributed by atoms with Crippen molar-refractivity contribution < 1.29 is 5.85 Å². The maximum Gasteiger partial charge on any atom is 0.187 e. The van der Waals surface area contributed by atoms with Gasteiger partial charge in [0.25, 0.3) is 0 Å². The van der Waals surface area contributed by atoms with E-state index in [1.165, 1.54) is 6.42 Å². The van der Waals surface area contributed by atoms with Crippen LogP contribution in [0.15, 0.2) is 0 Å². The van der Waals surface area contributed by atoms with Crippen LogP contribution >= 0.6 is 0 Å². The zero-order valence-corrected chi connectivity index (χ0v) is 6.77. The van der Waals surface area contributed by atoms with E-state index in [-0.39, 0.29) is 28.1 Å². The molecule has 1 fully saturated rings. The third-order valence-electron chi connectivity index (χ3n) is 1.08. The third kappa shape index (κ3) is 3.50. The van der Waals surface area contributed by atoms with Gasteiger partial charge >= 0.3 is 0 Å². The quantitative estimate of drug-likeness (QED) is 0.365. The summed E-state index contributed by atoms with van der Waals surface area (Å²) in [4.78, 5) is 0. The van der Waals surface area contributed by atoms with E-state index in [0.717, 1.165) is 6.61 Å². The van der Waals surface area contributed by atoms with Gasteiger partial charge in [-0.2, -0.15) is 0 Å². The molecule has 1 aliphatic rings. The van der Waals surface area contributed by atoms with Crippen molar-refractivity contribution in [1.29, 1.82) is 0 Å². The molecule has 1 heterocycles. The first-order valence-electron chi connectivity index (χ1n) is 2.58. The van der Waals surface area contributed by atoms with Crippen LogP contribution in [0.2, 0.25) is 6.04 Å². The van der Waals surface area contributed by atoms with Crippen LogP contribution in [0.1, 0.15) is 7.85 Å². The van der Waals surface area contributed by atoms with Gasteiger partial charge in [0, 0.05) is 17.1 Å². The molecule has 0 aromatic carbocycles. The molecule has 0 amide bonds. The predicted molar refractivity (Wildman–Crippen MR) is 44.5 cm³/mol. The molecule has 1 rings (SSSR count). The van der Waals surface area contributed by atoms with Crippen LogP contribution in [0.3, 0.4) is 0 Å². The van der Waals surface area contributed by atoms with Crippen molar-refractivity contribution in [3.05, 3.63) is 0 Å². The van der Waals surface area contributed by atoms with Gasteiger partial charge in [-0.05, 0) is 6.42 Å².